The molecule has 2 atom stereocenters. The monoisotopic (exact) mass is 436 g/mol. The fourth-order valence-electron chi connectivity index (χ4n) is 4.17. The Hall–Kier alpha value is -3.35. The number of rotatable bonds is 8. The quantitative estimate of drug-likeness (QED) is 0.588. The van der Waals surface area contributed by atoms with Crippen molar-refractivity contribution in [2.75, 3.05) is 19.7 Å². The number of nitrogens with one attached hydrogen (secondary N) is 2. The Bertz CT molecular complexity index is 1000. The van der Waals surface area contributed by atoms with Crippen molar-refractivity contribution in [3.8, 4) is 11.1 Å². The maximum atomic E-state index is 12.3. The lowest BCUT2D eigenvalue weighted by Crippen LogP contribution is -2.40. The summed E-state index contributed by atoms with van der Waals surface area (Å²) in [6.07, 6.45) is 0.174. The Balaban J connectivity index is 1.23. The number of fused-ring (bicyclic) bond motifs is 3. The summed E-state index contributed by atoms with van der Waals surface area (Å²) >= 11 is 0. The van der Waals surface area contributed by atoms with Crippen molar-refractivity contribution in [1.82, 2.24) is 10.6 Å². The van der Waals surface area contributed by atoms with Gasteiger partial charge in [-0.3, -0.25) is 9.59 Å². The molecule has 2 aromatic rings. The first-order valence-electron chi connectivity index (χ1n) is 10.9. The molecule has 0 bridgehead atoms. The van der Waals surface area contributed by atoms with Crippen LogP contribution in [0.4, 0.5) is 4.79 Å². The minimum absolute atomic E-state index is 0.00481. The van der Waals surface area contributed by atoms with Crippen LogP contribution in [-0.2, 0) is 14.3 Å². The molecule has 2 amide bonds. The Morgan fingerprint density at radius 2 is 1.59 bits per heavy atom. The van der Waals surface area contributed by atoms with Crippen molar-refractivity contribution in [3.05, 3.63) is 59.7 Å². The van der Waals surface area contributed by atoms with E-state index in [2.05, 4.69) is 34.9 Å². The number of amides is 2. The fraction of sp³-hybridized carbons (Fsp3) is 0.400. The van der Waals surface area contributed by atoms with E-state index in [9.17, 15) is 14.4 Å². The van der Waals surface area contributed by atoms with Crippen molar-refractivity contribution in [2.45, 2.75) is 26.2 Å². The van der Waals surface area contributed by atoms with E-state index < -0.39 is 17.5 Å². The van der Waals surface area contributed by atoms with Crippen LogP contribution in [0.15, 0.2) is 48.5 Å². The van der Waals surface area contributed by atoms with Gasteiger partial charge in [-0.2, -0.15) is 0 Å². The molecule has 168 valence electrons. The van der Waals surface area contributed by atoms with E-state index >= 15 is 0 Å². The number of aliphatic carboxylic acids is 1. The van der Waals surface area contributed by atoms with Crippen molar-refractivity contribution in [1.29, 1.82) is 0 Å². The summed E-state index contributed by atoms with van der Waals surface area (Å²) in [5, 5.41) is 14.6. The summed E-state index contributed by atoms with van der Waals surface area (Å²) in [4.78, 5) is 35.6. The molecule has 1 saturated carbocycles. The molecule has 2 aromatic carbocycles. The van der Waals surface area contributed by atoms with Gasteiger partial charge < -0.3 is 20.5 Å². The zero-order valence-corrected chi connectivity index (χ0v) is 18.3. The first kappa shape index (κ1) is 21.9. The second kappa shape index (κ2) is 8.65. The van der Waals surface area contributed by atoms with E-state index in [4.69, 9.17) is 9.84 Å². The van der Waals surface area contributed by atoms with Crippen LogP contribution in [-0.4, -0.2) is 42.8 Å². The van der Waals surface area contributed by atoms with Gasteiger partial charge >= 0.3 is 12.1 Å². The van der Waals surface area contributed by atoms with E-state index in [1.54, 1.807) is 13.8 Å². The predicted molar refractivity (Wildman–Crippen MR) is 119 cm³/mol. The van der Waals surface area contributed by atoms with Crippen molar-refractivity contribution in [3.63, 3.8) is 0 Å². The molecule has 2 aliphatic rings. The van der Waals surface area contributed by atoms with E-state index in [0.29, 0.717) is 13.0 Å². The number of alkyl carbamates (subject to hydrolysis) is 1. The number of carboxylic acids is 1. The minimum atomic E-state index is -1.01. The molecule has 0 unspecified atom stereocenters. The SMILES string of the molecule is CC(C)(CNC(=O)[C@H]1C[C@H]1CNC(=O)OCC1c2ccccc2-c2ccccc21)C(=O)O. The second-order valence-electron chi connectivity index (χ2n) is 9.22. The second-order valence-corrected chi connectivity index (χ2v) is 9.22. The predicted octanol–water partition coefficient (Wildman–Crippen LogP) is 3.39. The van der Waals surface area contributed by atoms with Crippen LogP contribution in [0.5, 0.6) is 0 Å². The van der Waals surface area contributed by atoms with Gasteiger partial charge in [-0.25, -0.2) is 4.79 Å². The Labute approximate surface area is 187 Å². The Kier molecular flexibility index (Phi) is 5.91. The average Bonchev–Trinajstić information content (AvgIpc) is 3.50. The lowest BCUT2D eigenvalue weighted by Gasteiger charge is -2.19. The van der Waals surface area contributed by atoms with Crippen LogP contribution >= 0.6 is 0 Å². The first-order chi connectivity index (χ1) is 15.3. The lowest BCUT2D eigenvalue weighted by atomic mass is 9.94. The number of hydrogen-bond acceptors (Lipinski definition) is 4. The van der Waals surface area contributed by atoms with Gasteiger partial charge in [0.2, 0.25) is 5.91 Å². The summed E-state index contributed by atoms with van der Waals surface area (Å²) in [7, 11) is 0. The number of carbonyl (C=O) groups excluding carboxylic acids is 2. The molecule has 0 aliphatic heterocycles. The lowest BCUT2D eigenvalue weighted by molar-refractivity contribution is -0.146. The van der Waals surface area contributed by atoms with Crippen molar-refractivity contribution in [2.24, 2.45) is 17.3 Å². The molecule has 3 N–H and O–H groups in total. The van der Waals surface area contributed by atoms with Crippen LogP contribution in [0.2, 0.25) is 0 Å². The highest BCUT2D eigenvalue weighted by atomic mass is 16.5. The van der Waals surface area contributed by atoms with Gasteiger partial charge in [-0.15, -0.1) is 0 Å². The number of carbonyl (C=O) groups is 3. The summed E-state index contributed by atoms with van der Waals surface area (Å²) in [5.41, 5.74) is 3.65. The number of benzene rings is 2. The molecule has 0 aromatic heterocycles. The Morgan fingerprint density at radius 3 is 2.19 bits per heavy atom. The van der Waals surface area contributed by atoms with Crippen LogP contribution in [0.1, 0.15) is 37.3 Å². The first-order valence-corrected chi connectivity index (χ1v) is 10.9. The minimum Gasteiger partial charge on any atom is -0.481 e. The molecular weight excluding hydrogens is 408 g/mol. The van der Waals surface area contributed by atoms with Gasteiger partial charge in [0, 0.05) is 24.9 Å². The highest BCUT2D eigenvalue weighted by Crippen LogP contribution is 2.44. The molecular formula is C25H28N2O5. The van der Waals surface area contributed by atoms with Crippen LogP contribution in [0.3, 0.4) is 0 Å². The maximum Gasteiger partial charge on any atom is 0.407 e. The Morgan fingerprint density at radius 1 is 1.00 bits per heavy atom. The normalized spacial score (nSPS) is 18.9. The largest absolute Gasteiger partial charge is 0.481 e. The van der Waals surface area contributed by atoms with E-state index in [1.807, 2.05) is 24.3 Å². The molecule has 7 heteroatoms. The van der Waals surface area contributed by atoms with Gasteiger partial charge in [0.05, 0.1) is 5.41 Å². The van der Waals surface area contributed by atoms with Gasteiger partial charge in [-0.1, -0.05) is 48.5 Å². The standard InChI is InChI=1S/C25H28N2O5/c1-25(2,23(29)30)14-27-22(28)20-11-15(20)12-26-24(31)32-13-21-18-9-5-3-7-16(18)17-8-4-6-10-19(17)21/h3-10,15,20-21H,11-14H2,1-2H3,(H,26,31)(H,27,28)(H,29,30)/t15-,20-/m0/s1. The van der Waals surface area contributed by atoms with Crippen LogP contribution in [0, 0.1) is 17.3 Å². The molecule has 32 heavy (non-hydrogen) atoms. The van der Waals surface area contributed by atoms with Crippen LogP contribution in [0.25, 0.3) is 11.1 Å². The molecule has 2 aliphatic carbocycles. The van der Waals surface area contributed by atoms with Crippen molar-refractivity contribution >= 4 is 18.0 Å². The molecule has 0 heterocycles. The van der Waals surface area contributed by atoms with E-state index in [0.717, 1.165) is 11.1 Å². The third kappa shape index (κ3) is 4.47. The number of hydrogen-bond donors (Lipinski definition) is 3. The zero-order valence-electron chi connectivity index (χ0n) is 18.3. The zero-order chi connectivity index (χ0) is 22.9. The van der Waals surface area contributed by atoms with Gasteiger partial charge in [0.15, 0.2) is 0 Å². The summed E-state index contributed by atoms with van der Waals surface area (Å²) in [5.74, 6) is -1.28. The maximum absolute atomic E-state index is 12.3. The van der Waals surface area contributed by atoms with Crippen molar-refractivity contribution < 1.29 is 24.2 Å². The molecule has 4 rings (SSSR count). The third-order valence-electron chi connectivity index (χ3n) is 6.40. The third-order valence-corrected chi connectivity index (χ3v) is 6.40. The van der Waals surface area contributed by atoms with Gasteiger partial charge in [0.25, 0.3) is 0 Å². The fourth-order valence-corrected chi connectivity index (χ4v) is 4.17. The average molecular weight is 437 g/mol. The molecule has 7 nitrogen and oxygen atoms in total. The smallest absolute Gasteiger partial charge is 0.407 e. The summed E-state index contributed by atoms with van der Waals surface area (Å²) in [6, 6.07) is 16.3. The molecule has 0 saturated heterocycles. The highest BCUT2D eigenvalue weighted by Gasteiger charge is 2.43. The van der Waals surface area contributed by atoms with E-state index in [-0.39, 0.29) is 36.8 Å². The molecule has 0 spiro atoms. The topological polar surface area (TPSA) is 105 Å². The summed E-state index contributed by atoms with van der Waals surface area (Å²) < 4.78 is 5.52. The van der Waals surface area contributed by atoms with Gasteiger partial charge in [0.1, 0.15) is 6.61 Å². The van der Waals surface area contributed by atoms with E-state index in [1.165, 1.54) is 11.1 Å². The molecule has 0 radical (unpaired) electrons. The van der Waals surface area contributed by atoms with Crippen LogP contribution < -0.4 is 10.6 Å². The van der Waals surface area contributed by atoms with Gasteiger partial charge in [-0.05, 0) is 48.4 Å². The summed E-state index contributed by atoms with van der Waals surface area (Å²) in [6.45, 7) is 3.82. The number of ether oxygens (including phenoxy) is 1. The molecule has 1 fully saturated rings. The number of carboxylic acid groups (broad SMARTS) is 1. The highest BCUT2D eigenvalue weighted by molar-refractivity contribution is 5.83.